The molecule has 0 aliphatic heterocycles. The molecule has 24 heavy (non-hydrogen) atoms. The van der Waals surface area contributed by atoms with E-state index >= 15 is 0 Å². The van der Waals surface area contributed by atoms with Gasteiger partial charge in [0.05, 0.1) is 5.69 Å². The summed E-state index contributed by atoms with van der Waals surface area (Å²) in [4.78, 5) is 16.2. The molecular weight excluding hydrogens is 373 g/mol. The molecule has 0 fully saturated rings. The quantitative estimate of drug-likeness (QED) is 0.734. The van der Waals surface area contributed by atoms with Crippen LogP contribution in [-0.2, 0) is 6.54 Å². The van der Waals surface area contributed by atoms with Gasteiger partial charge in [0, 0.05) is 29.0 Å². The molecule has 0 aliphatic rings. The van der Waals surface area contributed by atoms with E-state index in [1.54, 1.807) is 53.4 Å². The molecule has 1 aromatic heterocycles. The van der Waals surface area contributed by atoms with Gasteiger partial charge in [-0.2, -0.15) is 0 Å². The molecule has 1 N–H and O–H groups in total. The van der Waals surface area contributed by atoms with Gasteiger partial charge in [-0.25, -0.2) is 9.37 Å². The lowest BCUT2D eigenvalue weighted by Crippen LogP contribution is -2.22. The molecule has 0 spiro atoms. The van der Waals surface area contributed by atoms with E-state index in [2.05, 4.69) is 26.2 Å². The van der Waals surface area contributed by atoms with Crippen LogP contribution in [0.4, 0.5) is 4.39 Å². The Kier molecular flexibility index (Phi) is 4.76. The van der Waals surface area contributed by atoms with Gasteiger partial charge in [-0.1, -0.05) is 22.0 Å². The van der Waals surface area contributed by atoms with Crippen LogP contribution in [0.2, 0.25) is 0 Å². The Balaban J connectivity index is 1.70. The standard InChI is InChI=1S/C18H15BrFN3O/c1-12-21-8-9-23(12)17-7-2-13(10-16(17)20)11-22-18(24)14-3-5-15(19)6-4-14/h2-10H,11H2,1H3,(H,22,24). The zero-order valence-electron chi connectivity index (χ0n) is 13.0. The Morgan fingerprint density at radius 1 is 1.25 bits per heavy atom. The molecule has 122 valence electrons. The van der Waals surface area contributed by atoms with E-state index in [0.717, 1.165) is 4.47 Å². The number of nitrogens with zero attached hydrogens (tertiary/aromatic N) is 2. The predicted octanol–water partition coefficient (Wildman–Crippen LogP) is 4.01. The van der Waals surface area contributed by atoms with Crippen LogP contribution in [0.1, 0.15) is 21.7 Å². The minimum Gasteiger partial charge on any atom is -0.348 e. The first kappa shape index (κ1) is 16.4. The summed E-state index contributed by atoms with van der Waals surface area (Å²) in [6.45, 7) is 2.07. The summed E-state index contributed by atoms with van der Waals surface area (Å²) >= 11 is 3.33. The van der Waals surface area contributed by atoms with Crippen molar-refractivity contribution in [2.24, 2.45) is 0 Å². The number of aromatic nitrogens is 2. The first-order valence-corrected chi connectivity index (χ1v) is 8.16. The first-order chi connectivity index (χ1) is 11.5. The van der Waals surface area contributed by atoms with E-state index in [0.29, 0.717) is 22.6 Å². The van der Waals surface area contributed by atoms with Crippen molar-refractivity contribution in [1.82, 2.24) is 14.9 Å². The molecule has 0 aliphatic carbocycles. The molecule has 0 saturated heterocycles. The maximum absolute atomic E-state index is 14.3. The van der Waals surface area contributed by atoms with Crippen molar-refractivity contribution in [3.8, 4) is 5.69 Å². The highest BCUT2D eigenvalue weighted by atomic mass is 79.9. The zero-order chi connectivity index (χ0) is 17.1. The third-order valence-electron chi connectivity index (χ3n) is 3.66. The number of halogens is 2. The number of hydrogen-bond donors (Lipinski definition) is 1. The molecule has 6 heteroatoms. The number of benzene rings is 2. The van der Waals surface area contributed by atoms with Gasteiger partial charge in [0.1, 0.15) is 11.6 Å². The average molecular weight is 388 g/mol. The van der Waals surface area contributed by atoms with E-state index in [9.17, 15) is 9.18 Å². The third kappa shape index (κ3) is 3.54. The van der Waals surface area contributed by atoms with Crippen LogP contribution in [0.5, 0.6) is 0 Å². The van der Waals surface area contributed by atoms with Gasteiger partial charge < -0.3 is 9.88 Å². The maximum atomic E-state index is 14.3. The van der Waals surface area contributed by atoms with E-state index in [-0.39, 0.29) is 18.3 Å². The molecule has 0 atom stereocenters. The predicted molar refractivity (Wildman–Crippen MR) is 93.6 cm³/mol. The average Bonchev–Trinajstić information content (AvgIpc) is 2.99. The molecule has 4 nitrogen and oxygen atoms in total. The second-order valence-electron chi connectivity index (χ2n) is 5.32. The van der Waals surface area contributed by atoms with E-state index < -0.39 is 0 Å². The van der Waals surface area contributed by atoms with Crippen molar-refractivity contribution >= 4 is 21.8 Å². The Labute approximate surface area is 147 Å². The van der Waals surface area contributed by atoms with Crippen molar-refractivity contribution in [2.45, 2.75) is 13.5 Å². The number of rotatable bonds is 4. The van der Waals surface area contributed by atoms with Crippen LogP contribution in [0.25, 0.3) is 5.69 Å². The van der Waals surface area contributed by atoms with Gasteiger partial charge in [-0.05, 0) is 48.9 Å². The van der Waals surface area contributed by atoms with Crippen LogP contribution in [-0.4, -0.2) is 15.5 Å². The fraction of sp³-hybridized carbons (Fsp3) is 0.111. The number of carbonyl (C=O) groups is 1. The van der Waals surface area contributed by atoms with Crippen molar-refractivity contribution < 1.29 is 9.18 Å². The fourth-order valence-corrected chi connectivity index (χ4v) is 2.64. The molecule has 1 amide bonds. The lowest BCUT2D eigenvalue weighted by atomic mass is 10.1. The number of nitrogens with one attached hydrogen (secondary N) is 1. The summed E-state index contributed by atoms with van der Waals surface area (Å²) < 4.78 is 16.9. The molecule has 2 aromatic carbocycles. The van der Waals surface area contributed by atoms with Crippen LogP contribution in [0, 0.1) is 12.7 Å². The van der Waals surface area contributed by atoms with Gasteiger partial charge in [-0.3, -0.25) is 4.79 Å². The third-order valence-corrected chi connectivity index (χ3v) is 4.19. The molecule has 1 heterocycles. The topological polar surface area (TPSA) is 46.9 Å². The Morgan fingerprint density at radius 3 is 2.62 bits per heavy atom. The van der Waals surface area contributed by atoms with Crippen LogP contribution in [0.15, 0.2) is 59.3 Å². The zero-order valence-corrected chi connectivity index (χ0v) is 14.5. The first-order valence-electron chi connectivity index (χ1n) is 7.37. The Bertz CT molecular complexity index is 874. The van der Waals surface area contributed by atoms with Crippen LogP contribution >= 0.6 is 15.9 Å². The summed E-state index contributed by atoms with van der Waals surface area (Å²) in [5, 5.41) is 2.79. The van der Waals surface area contributed by atoms with Gasteiger partial charge in [0.15, 0.2) is 0 Å². The van der Waals surface area contributed by atoms with E-state index in [1.165, 1.54) is 6.07 Å². The summed E-state index contributed by atoms with van der Waals surface area (Å²) in [5.41, 5.74) is 1.69. The van der Waals surface area contributed by atoms with Gasteiger partial charge in [0.25, 0.3) is 5.91 Å². The van der Waals surface area contributed by atoms with Crippen molar-refractivity contribution in [3.05, 3.63) is 82.1 Å². The maximum Gasteiger partial charge on any atom is 0.251 e. The van der Waals surface area contributed by atoms with E-state index in [4.69, 9.17) is 0 Å². The molecular formula is C18H15BrFN3O. The van der Waals surface area contributed by atoms with Crippen molar-refractivity contribution in [3.63, 3.8) is 0 Å². The number of carbonyl (C=O) groups excluding carboxylic acids is 1. The Morgan fingerprint density at radius 2 is 2.00 bits per heavy atom. The number of amides is 1. The molecule has 0 radical (unpaired) electrons. The van der Waals surface area contributed by atoms with Crippen LogP contribution < -0.4 is 5.32 Å². The van der Waals surface area contributed by atoms with E-state index in [1.807, 2.05) is 6.92 Å². The number of imidazole rings is 1. The second-order valence-corrected chi connectivity index (χ2v) is 6.24. The van der Waals surface area contributed by atoms with Crippen LogP contribution in [0.3, 0.4) is 0 Å². The Hall–Kier alpha value is -2.47. The molecule has 0 saturated carbocycles. The normalized spacial score (nSPS) is 10.6. The monoisotopic (exact) mass is 387 g/mol. The lowest BCUT2D eigenvalue weighted by Gasteiger charge is -2.10. The smallest absolute Gasteiger partial charge is 0.251 e. The minimum atomic E-state index is -0.355. The minimum absolute atomic E-state index is 0.197. The van der Waals surface area contributed by atoms with Gasteiger partial charge in [-0.15, -0.1) is 0 Å². The van der Waals surface area contributed by atoms with Gasteiger partial charge >= 0.3 is 0 Å². The highest BCUT2D eigenvalue weighted by molar-refractivity contribution is 9.10. The largest absolute Gasteiger partial charge is 0.348 e. The molecule has 0 unspecified atom stereocenters. The number of aryl methyl sites for hydroxylation is 1. The lowest BCUT2D eigenvalue weighted by molar-refractivity contribution is 0.0951. The highest BCUT2D eigenvalue weighted by Crippen LogP contribution is 2.17. The SMILES string of the molecule is Cc1nccn1-c1ccc(CNC(=O)c2ccc(Br)cc2)cc1F. The van der Waals surface area contributed by atoms with Crippen molar-refractivity contribution in [1.29, 1.82) is 0 Å². The van der Waals surface area contributed by atoms with Gasteiger partial charge in [0.2, 0.25) is 0 Å². The van der Waals surface area contributed by atoms with Crippen molar-refractivity contribution in [2.75, 3.05) is 0 Å². The fourth-order valence-electron chi connectivity index (χ4n) is 2.37. The summed E-state index contributed by atoms with van der Waals surface area (Å²) in [5.74, 6) is 0.161. The summed E-state index contributed by atoms with van der Waals surface area (Å²) in [7, 11) is 0. The highest BCUT2D eigenvalue weighted by Gasteiger charge is 2.09. The second kappa shape index (κ2) is 6.97. The molecule has 3 rings (SSSR count). The molecule has 0 bridgehead atoms. The molecule has 3 aromatic rings. The summed E-state index contributed by atoms with van der Waals surface area (Å²) in [6, 6.07) is 12.0. The summed E-state index contributed by atoms with van der Waals surface area (Å²) in [6.07, 6.45) is 3.34. The number of hydrogen-bond acceptors (Lipinski definition) is 2.